The highest BCUT2D eigenvalue weighted by Gasteiger charge is 2.33. The average molecular weight is 620 g/mol. The zero-order valence-corrected chi connectivity index (χ0v) is 25.6. The summed E-state index contributed by atoms with van der Waals surface area (Å²) < 4.78 is 7.30. The Kier molecular flexibility index (Phi) is 8.68. The average Bonchev–Trinajstić information content (AvgIpc) is 3.45. The van der Waals surface area contributed by atoms with Gasteiger partial charge in [0.25, 0.3) is 5.91 Å². The first-order valence-corrected chi connectivity index (χ1v) is 14.8. The molecule has 0 saturated carbocycles. The van der Waals surface area contributed by atoms with E-state index in [0.717, 1.165) is 36.3 Å². The second-order valence-corrected chi connectivity index (χ2v) is 12.5. The van der Waals surface area contributed by atoms with Gasteiger partial charge in [0.15, 0.2) is 0 Å². The van der Waals surface area contributed by atoms with Gasteiger partial charge in [-0.25, -0.2) is 9.48 Å². The summed E-state index contributed by atoms with van der Waals surface area (Å²) in [6.07, 6.45) is 4.25. The molecule has 0 N–H and O–H groups in total. The Labute approximate surface area is 254 Å². The molecule has 3 heterocycles. The largest absolute Gasteiger partial charge is 0.444 e. The number of rotatable bonds is 4. The first-order chi connectivity index (χ1) is 19.5. The van der Waals surface area contributed by atoms with Crippen LogP contribution in [-0.2, 0) is 4.74 Å². The van der Waals surface area contributed by atoms with Gasteiger partial charge >= 0.3 is 6.09 Å². The standard InChI is InChI=1S/C29H33Cl3N6O3/c1-29(2,3)41-28(40)37-11-5-4-6-25(37)24-18-38(34-33-24)20-9-7-19(8-10-20)27(39)36-14-12-35(13-15-36)21-16-22(30)26(32)23(31)17-21/h7-10,16-18,25H,4-6,11-15H2,1-3H3. The van der Waals surface area contributed by atoms with Crippen LogP contribution in [0, 0.1) is 0 Å². The van der Waals surface area contributed by atoms with Gasteiger partial charge in [-0.1, -0.05) is 40.0 Å². The van der Waals surface area contributed by atoms with Crippen molar-refractivity contribution in [1.82, 2.24) is 24.8 Å². The maximum atomic E-state index is 13.2. The quantitative estimate of drug-likeness (QED) is 0.304. The molecule has 3 aromatic rings. The molecule has 2 saturated heterocycles. The summed E-state index contributed by atoms with van der Waals surface area (Å²) in [6, 6.07) is 10.7. The number of aromatic nitrogens is 3. The molecule has 0 aliphatic carbocycles. The van der Waals surface area contributed by atoms with Crippen LogP contribution < -0.4 is 4.90 Å². The minimum absolute atomic E-state index is 0.0298. The fourth-order valence-corrected chi connectivity index (χ4v) is 5.75. The molecule has 0 spiro atoms. The van der Waals surface area contributed by atoms with Crippen LogP contribution in [0.25, 0.3) is 5.69 Å². The van der Waals surface area contributed by atoms with E-state index in [0.29, 0.717) is 53.4 Å². The van der Waals surface area contributed by atoms with Crippen LogP contribution in [0.2, 0.25) is 15.1 Å². The third kappa shape index (κ3) is 6.74. The van der Waals surface area contributed by atoms with Gasteiger partial charge < -0.3 is 14.5 Å². The highest BCUT2D eigenvalue weighted by molar-refractivity contribution is 6.48. The maximum absolute atomic E-state index is 13.2. The van der Waals surface area contributed by atoms with Crippen LogP contribution in [-0.4, -0.2) is 75.1 Å². The van der Waals surface area contributed by atoms with Gasteiger partial charge in [-0.05, 0) is 76.4 Å². The Morgan fingerprint density at radius 3 is 2.20 bits per heavy atom. The molecule has 1 unspecified atom stereocenters. The molecular weight excluding hydrogens is 587 g/mol. The van der Waals surface area contributed by atoms with Gasteiger partial charge in [0.1, 0.15) is 11.3 Å². The Bertz CT molecular complexity index is 1390. The smallest absolute Gasteiger partial charge is 0.410 e. The highest BCUT2D eigenvalue weighted by atomic mass is 35.5. The second-order valence-electron chi connectivity index (χ2n) is 11.3. The number of benzene rings is 2. The number of anilines is 1. The van der Waals surface area contributed by atoms with Gasteiger partial charge in [0.05, 0.1) is 33.0 Å². The van der Waals surface area contributed by atoms with E-state index in [1.165, 1.54) is 0 Å². The number of carbonyl (C=O) groups is 2. The number of piperazine rings is 1. The predicted octanol–water partition coefficient (Wildman–Crippen LogP) is 6.65. The number of piperidine rings is 1. The topological polar surface area (TPSA) is 83.8 Å². The van der Waals surface area contributed by atoms with Crippen molar-refractivity contribution in [2.45, 2.75) is 51.7 Å². The van der Waals surface area contributed by atoms with Gasteiger partial charge in [0.2, 0.25) is 0 Å². The van der Waals surface area contributed by atoms with Crippen LogP contribution in [0.3, 0.4) is 0 Å². The Balaban J connectivity index is 1.22. The van der Waals surface area contributed by atoms with Crippen LogP contribution in [0.1, 0.15) is 62.1 Å². The zero-order valence-electron chi connectivity index (χ0n) is 23.3. The number of nitrogens with zero attached hydrogens (tertiary/aromatic N) is 6. The molecule has 41 heavy (non-hydrogen) atoms. The first-order valence-electron chi connectivity index (χ1n) is 13.7. The molecule has 2 fully saturated rings. The van der Waals surface area contributed by atoms with E-state index in [1.807, 2.05) is 44.0 Å². The van der Waals surface area contributed by atoms with Crippen LogP contribution >= 0.6 is 34.8 Å². The Hall–Kier alpha value is -3.01. The number of ether oxygens (including phenoxy) is 1. The number of amides is 2. The lowest BCUT2D eigenvalue weighted by atomic mass is 10.0. The number of carbonyl (C=O) groups excluding carboxylic acids is 2. The third-order valence-corrected chi connectivity index (χ3v) is 8.46. The van der Waals surface area contributed by atoms with E-state index in [9.17, 15) is 9.59 Å². The third-order valence-electron chi connectivity index (χ3n) is 7.26. The summed E-state index contributed by atoms with van der Waals surface area (Å²) in [5.74, 6) is -0.0298. The summed E-state index contributed by atoms with van der Waals surface area (Å²) in [6.45, 7) is 8.66. The fraction of sp³-hybridized carbons (Fsp3) is 0.448. The Morgan fingerprint density at radius 2 is 1.56 bits per heavy atom. The number of hydrogen-bond donors (Lipinski definition) is 0. The van der Waals surface area contributed by atoms with E-state index in [2.05, 4.69) is 15.2 Å². The van der Waals surface area contributed by atoms with Crippen molar-refractivity contribution in [3.63, 3.8) is 0 Å². The number of likely N-dealkylation sites (tertiary alicyclic amines) is 1. The summed E-state index contributed by atoms with van der Waals surface area (Å²) in [5, 5.41) is 9.85. The van der Waals surface area contributed by atoms with Gasteiger partial charge in [-0.3, -0.25) is 9.69 Å². The van der Waals surface area contributed by atoms with Crippen LogP contribution in [0.4, 0.5) is 10.5 Å². The molecule has 12 heteroatoms. The zero-order chi connectivity index (χ0) is 29.3. The molecule has 1 atom stereocenters. The molecular formula is C29H33Cl3N6O3. The molecule has 2 aliphatic heterocycles. The van der Waals surface area contributed by atoms with E-state index in [4.69, 9.17) is 39.5 Å². The van der Waals surface area contributed by atoms with Gasteiger partial charge in [0, 0.05) is 44.0 Å². The molecule has 9 nitrogen and oxygen atoms in total. The molecule has 2 aromatic carbocycles. The van der Waals surface area contributed by atoms with Gasteiger partial charge in [-0.2, -0.15) is 0 Å². The lowest BCUT2D eigenvalue weighted by Crippen LogP contribution is -2.48. The highest BCUT2D eigenvalue weighted by Crippen LogP contribution is 2.35. The van der Waals surface area contributed by atoms with Crippen molar-refractivity contribution in [2.75, 3.05) is 37.6 Å². The van der Waals surface area contributed by atoms with E-state index < -0.39 is 5.60 Å². The van der Waals surface area contributed by atoms with Crippen molar-refractivity contribution in [3.05, 3.63) is 68.9 Å². The predicted molar refractivity (Wildman–Crippen MR) is 160 cm³/mol. The summed E-state index contributed by atoms with van der Waals surface area (Å²) in [4.78, 5) is 31.8. The molecule has 2 aliphatic rings. The number of halogens is 3. The summed E-state index contributed by atoms with van der Waals surface area (Å²) in [7, 11) is 0. The van der Waals surface area contributed by atoms with E-state index in [-0.39, 0.29) is 18.0 Å². The normalized spacial score (nSPS) is 18.0. The minimum Gasteiger partial charge on any atom is -0.444 e. The first kappa shape index (κ1) is 29.5. The van der Waals surface area contributed by atoms with Crippen LogP contribution in [0.5, 0.6) is 0 Å². The Morgan fingerprint density at radius 1 is 0.902 bits per heavy atom. The molecule has 1 aromatic heterocycles. The number of hydrogen-bond acceptors (Lipinski definition) is 6. The van der Waals surface area contributed by atoms with Crippen molar-refractivity contribution in [1.29, 1.82) is 0 Å². The van der Waals surface area contributed by atoms with Crippen LogP contribution in [0.15, 0.2) is 42.6 Å². The second kappa shape index (κ2) is 12.1. The maximum Gasteiger partial charge on any atom is 0.410 e. The van der Waals surface area contributed by atoms with Gasteiger partial charge in [-0.15, -0.1) is 5.10 Å². The molecule has 5 rings (SSSR count). The molecule has 2 amide bonds. The van der Waals surface area contributed by atoms with E-state index >= 15 is 0 Å². The molecule has 0 radical (unpaired) electrons. The molecule has 0 bridgehead atoms. The summed E-state index contributed by atoms with van der Waals surface area (Å²) >= 11 is 18.5. The van der Waals surface area contributed by atoms with Crippen molar-refractivity contribution in [3.8, 4) is 5.69 Å². The minimum atomic E-state index is -0.567. The SMILES string of the molecule is CC(C)(C)OC(=O)N1CCCCC1c1cn(-c2ccc(C(=O)N3CCN(c4cc(Cl)c(Cl)c(Cl)c4)CC3)cc2)nn1. The fourth-order valence-electron chi connectivity index (χ4n) is 5.17. The van der Waals surface area contributed by atoms with E-state index in [1.54, 1.807) is 33.8 Å². The van der Waals surface area contributed by atoms with Crippen molar-refractivity contribution >= 4 is 52.5 Å². The molecule has 218 valence electrons. The van der Waals surface area contributed by atoms with Crippen molar-refractivity contribution < 1.29 is 14.3 Å². The lowest BCUT2D eigenvalue weighted by molar-refractivity contribution is 0.00898. The van der Waals surface area contributed by atoms with Crippen molar-refractivity contribution in [2.24, 2.45) is 0 Å². The summed E-state index contributed by atoms with van der Waals surface area (Å²) in [5.41, 5.74) is 2.42. The lowest BCUT2D eigenvalue weighted by Gasteiger charge is -2.36. The monoisotopic (exact) mass is 618 g/mol.